The first-order valence-electron chi connectivity index (χ1n) is 8.28. The van der Waals surface area contributed by atoms with Crippen LogP contribution >= 0.6 is 11.8 Å². The highest BCUT2D eigenvalue weighted by molar-refractivity contribution is 8.00. The second-order valence-electron chi connectivity index (χ2n) is 7.28. The van der Waals surface area contributed by atoms with E-state index in [0.29, 0.717) is 29.7 Å². The third-order valence-corrected chi connectivity index (χ3v) is 7.89. The molecule has 1 saturated carbocycles. The fraction of sp³-hybridized carbons (Fsp3) is 1.00. The monoisotopic (exact) mass is 311 g/mol. The van der Waals surface area contributed by atoms with Crippen LogP contribution in [0.25, 0.3) is 0 Å². The van der Waals surface area contributed by atoms with Crippen molar-refractivity contribution in [3.8, 4) is 0 Å². The molecule has 4 heterocycles. The average molecular weight is 311 g/mol. The Hall–Kier alpha value is 0.110. The van der Waals surface area contributed by atoms with E-state index in [-0.39, 0.29) is 6.23 Å². The molecule has 6 nitrogen and oxygen atoms in total. The first kappa shape index (κ1) is 13.5. The van der Waals surface area contributed by atoms with E-state index in [2.05, 4.69) is 39.8 Å². The van der Waals surface area contributed by atoms with E-state index in [4.69, 9.17) is 10.5 Å². The molecule has 5 N–H and O–H groups in total. The van der Waals surface area contributed by atoms with Crippen LogP contribution in [0.3, 0.4) is 0 Å². The molecule has 0 amide bonds. The second kappa shape index (κ2) is 4.80. The molecule has 1 aliphatic carbocycles. The molecule has 4 saturated heterocycles. The Labute approximate surface area is 129 Å². The van der Waals surface area contributed by atoms with Crippen LogP contribution in [0.1, 0.15) is 19.8 Å². The highest BCUT2D eigenvalue weighted by Crippen LogP contribution is 2.57. The Morgan fingerprint density at radius 1 is 1.19 bits per heavy atom. The Morgan fingerprint density at radius 3 is 2.86 bits per heavy atom. The fourth-order valence-electron chi connectivity index (χ4n) is 5.07. The quantitative estimate of drug-likeness (QED) is 0.484. The molecule has 118 valence electrons. The molecule has 0 aromatic rings. The Bertz CT molecular complexity index is 440. The smallest absolute Gasteiger partial charge is 0.133 e. The first-order chi connectivity index (χ1) is 10.2. The molecular formula is C14H25N5OS. The Kier molecular flexibility index (Phi) is 3.10. The van der Waals surface area contributed by atoms with Crippen LogP contribution in [0, 0.1) is 17.8 Å². The van der Waals surface area contributed by atoms with Gasteiger partial charge in [-0.05, 0) is 31.6 Å². The minimum Gasteiger partial charge on any atom is -0.353 e. The summed E-state index contributed by atoms with van der Waals surface area (Å²) in [5, 5.41) is 5.12. The average Bonchev–Trinajstić information content (AvgIpc) is 2.78. The van der Waals surface area contributed by atoms with Crippen LogP contribution in [0.2, 0.25) is 0 Å². The number of nitrogens with one attached hydrogen (secondary N) is 3. The maximum Gasteiger partial charge on any atom is 0.133 e. The summed E-state index contributed by atoms with van der Waals surface area (Å²) < 4.78 is 5.54. The van der Waals surface area contributed by atoms with E-state index < -0.39 is 0 Å². The predicted octanol–water partition coefficient (Wildman–Crippen LogP) is -0.561. The van der Waals surface area contributed by atoms with Crippen molar-refractivity contribution in [2.24, 2.45) is 23.5 Å². The summed E-state index contributed by atoms with van der Waals surface area (Å²) in [6, 6.07) is 0. The third kappa shape index (κ3) is 2.02. The summed E-state index contributed by atoms with van der Waals surface area (Å²) in [4.78, 5) is 2.65. The van der Waals surface area contributed by atoms with E-state index in [1.165, 1.54) is 12.8 Å². The lowest BCUT2D eigenvalue weighted by Gasteiger charge is -2.33. The van der Waals surface area contributed by atoms with Gasteiger partial charge in [0, 0.05) is 24.3 Å². The van der Waals surface area contributed by atoms with Gasteiger partial charge >= 0.3 is 0 Å². The van der Waals surface area contributed by atoms with Crippen LogP contribution in [0.15, 0.2) is 0 Å². The number of nitrogens with two attached hydrogens (primary N) is 1. The zero-order valence-electron chi connectivity index (χ0n) is 12.4. The maximum absolute atomic E-state index is 5.88. The van der Waals surface area contributed by atoms with Gasteiger partial charge in [-0.1, -0.05) is 0 Å². The van der Waals surface area contributed by atoms with Crippen LogP contribution < -0.4 is 21.9 Å². The van der Waals surface area contributed by atoms with Crippen molar-refractivity contribution in [2.45, 2.75) is 55.1 Å². The number of ether oxygens (including phenoxy) is 1. The largest absolute Gasteiger partial charge is 0.353 e. The van der Waals surface area contributed by atoms with Gasteiger partial charge in [-0.2, -0.15) is 0 Å². The van der Waals surface area contributed by atoms with Crippen LogP contribution in [0.4, 0.5) is 0 Å². The lowest BCUT2D eigenvalue weighted by molar-refractivity contribution is 0.147. The molecule has 9 atom stereocenters. The number of fused-ring (bicyclic) bond motifs is 5. The van der Waals surface area contributed by atoms with Crippen molar-refractivity contribution in [3.05, 3.63) is 0 Å². The van der Waals surface area contributed by atoms with E-state index in [0.717, 1.165) is 30.2 Å². The second-order valence-corrected chi connectivity index (χ2v) is 8.64. The molecule has 0 bridgehead atoms. The lowest BCUT2D eigenvalue weighted by atomic mass is 9.89. The Balaban J connectivity index is 1.36. The molecule has 5 fully saturated rings. The molecule has 0 spiro atoms. The van der Waals surface area contributed by atoms with Crippen molar-refractivity contribution < 1.29 is 4.74 Å². The van der Waals surface area contributed by atoms with Crippen LogP contribution in [0.5, 0.6) is 0 Å². The SMILES string of the molecule is CC1NNC2CNCC3C4CC(C5OC5N)CC4SC3N12. The van der Waals surface area contributed by atoms with Gasteiger partial charge in [0.05, 0.1) is 17.7 Å². The molecule has 0 aromatic carbocycles. The van der Waals surface area contributed by atoms with Crippen molar-refractivity contribution in [1.82, 2.24) is 21.1 Å². The molecule has 5 aliphatic rings. The molecule has 7 heteroatoms. The van der Waals surface area contributed by atoms with Gasteiger partial charge in [-0.15, -0.1) is 11.8 Å². The minimum atomic E-state index is 0.0262. The van der Waals surface area contributed by atoms with Gasteiger partial charge in [0.1, 0.15) is 12.3 Å². The van der Waals surface area contributed by atoms with Gasteiger partial charge in [0.2, 0.25) is 0 Å². The summed E-state index contributed by atoms with van der Waals surface area (Å²) in [7, 11) is 0. The van der Waals surface area contributed by atoms with Gasteiger partial charge in [-0.3, -0.25) is 4.90 Å². The predicted molar refractivity (Wildman–Crippen MR) is 81.9 cm³/mol. The normalized spacial score (nSPS) is 59.4. The standard InChI is InChI=1S/C14H25N5OS/c1-6-17-18-11-5-16-4-9-8-2-7(12-13(15)20-12)3-10(8)21-14(9)19(6)11/h6-14,16-18H,2-5,15H2,1H3. The first-order valence-corrected chi connectivity index (χ1v) is 9.22. The number of hydrazine groups is 1. The van der Waals surface area contributed by atoms with Gasteiger partial charge in [0.15, 0.2) is 0 Å². The zero-order valence-corrected chi connectivity index (χ0v) is 13.2. The molecule has 9 unspecified atom stereocenters. The molecule has 4 aliphatic heterocycles. The van der Waals surface area contributed by atoms with Crippen molar-refractivity contribution in [1.29, 1.82) is 0 Å². The highest BCUT2D eigenvalue weighted by Gasteiger charge is 2.57. The molecule has 0 radical (unpaired) electrons. The topological polar surface area (TPSA) is 77.9 Å². The summed E-state index contributed by atoms with van der Waals surface area (Å²) in [5.41, 5.74) is 12.7. The lowest BCUT2D eigenvalue weighted by Crippen LogP contribution is -2.47. The summed E-state index contributed by atoms with van der Waals surface area (Å²) in [5.74, 6) is 2.30. The molecule has 21 heavy (non-hydrogen) atoms. The minimum absolute atomic E-state index is 0.0262. The van der Waals surface area contributed by atoms with Gasteiger partial charge in [-0.25, -0.2) is 10.9 Å². The summed E-state index contributed by atoms with van der Waals surface area (Å²) >= 11 is 2.22. The number of thioether (sulfide) groups is 1. The molecular weight excluding hydrogens is 286 g/mol. The van der Waals surface area contributed by atoms with Crippen molar-refractivity contribution in [2.75, 3.05) is 13.1 Å². The number of hydrogen-bond acceptors (Lipinski definition) is 7. The van der Waals surface area contributed by atoms with Crippen molar-refractivity contribution >= 4 is 11.8 Å². The van der Waals surface area contributed by atoms with E-state index in [1.54, 1.807) is 0 Å². The van der Waals surface area contributed by atoms with Crippen LogP contribution in [-0.4, -0.2) is 53.3 Å². The zero-order chi connectivity index (χ0) is 14.1. The van der Waals surface area contributed by atoms with E-state index in [1.807, 2.05) is 0 Å². The van der Waals surface area contributed by atoms with Crippen molar-refractivity contribution in [3.63, 3.8) is 0 Å². The Morgan fingerprint density at radius 2 is 2.05 bits per heavy atom. The molecule has 0 aromatic heterocycles. The fourth-order valence-corrected chi connectivity index (χ4v) is 7.27. The maximum atomic E-state index is 5.88. The van der Waals surface area contributed by atoms with Gasteiger partial charge in [0.25, 0.3) is 0 Å². The number of epoxide rings is 1. The van der Waals surface area contributed by atoms with E-state index in [9.17, 15) is 0 Å². The number of nitrogens with zero attached hydrogens (tertiary/aromatic N) is 1. The molecule has 5 rings (SSSR count). The number of hydrogen-bond donors (Lipinski definition) is 4. The van der Waals surface area contributed by atoms with Gasteiger partial charge < -0.3 is 15.8 Å². The third-order valence-electron chi connectivity index (χ3n) is 6.12. The summed E-state index contributed by atoms with van der Waals surface area (Å²) in [6.07, 6.45) is 3.84. The number of rotatable bonds is 1. The van der Waals surface area contributed by atoms with Crippen LogP contribution in [-0.2, 0) is 4.74 Å². The van der Waals surface area contributed by atoms with E-state index >= 15 is 0 Å². The highest BCUT2D eigenvalue weighted by atomic mass is 32.2. The summed E-state index contributed by atoms with van der Waals surface area (Å²) in [6.45, 7) is 4.46.